The minimum atomic E-state index is -1.27. The maximum atomic E-state index is 12.3. The highest BCUT2D eigenvalue weighted by Gasteiger charge is 2.46. The Morgan fingerprint density at radius 3 is 1.40 bits per heavy atom. The fourth-order valence-corrected chi connectivity index (χ4v) is 9.54. The van der Waals surface area contributed by atoms with Gasteiger partial charge in [0, 0.05) is 12.5 Å². The summed E-state index contributed by atoms with van der Waals surface area (Å²) in [6, 6.07) is 87.0. The van der Waals surface area contributed by atoms with Crippen LogP contribution < -0.4 is 0 Å². The van der Waals surface area contributed by atoms with E-state index in [4.69, 9.17) is 9.90 Å². The molecular weight excluding hydrogens is 769 g/mol. The van der Waals surface area contributed by atoms with Crippen molar-refractivity contribution in [2.75, 3.05) is 0 Å². The van der Waals surface area contributed by atoms with Crippen molar-refractivity contribution in [3.63, 3.8) is 0 Å². The zero-order chi connectivity index (χ0) is 43.2. The van der Waals surface area contributed by atoms with Crippen molar-refractivity contribution < 1.29 is 15.0 Å². The van der Waals surface area contributed by atoms with E-state index in [-0.39, 0.29) is 5.41 Å². The van der Waals surface area contributed by atoms with Crippen LogP contribution in [0.2, 0.25) is 0 Å². The molecule has 10 aromatic carbocycles. The summed E-state index contributed by atoms with van der Waals surface area (Å²) in [5, 5.41) is 24.7. The maximum absolute atomic E-state index is 12.3. The van der Waals surface area contributed by atoms with E-state index in [0.717, 1.165) is 34.7 Å². The molecule has 0 saturated carbocycles. The molecule has 11 rings (SSSR count). The molecule has 0 amide bonds. The third-order valence-corrected chi connectivity index (χ3v) is 12.1. The number of fused-ring (bicyclic) bond motifs is 6. The van der Waals surface area contributed by atoms with Crippen LogP contribution in [0.25, 0.3) is 43.8 Å². The Kier molecular flexibility index (Phi) is 11.3. The van der Waals surface area contributed by atoms with Crippen LogP contribution in [0.15, 0.2) is 249 Å². The number of hydrogen-bond donors (Lipinski definition) is 2. The Bertz CT molecular complexity index is 3070. The van der Waals surface area contributed by atoms with E-state index in [0.29, 0.717) is 0 Å². The van der Waals surface area contributed by atoms with Crippen molar-refractivity contribution in [3.8, 4) is 22.3 Å². The molecule has 0 radical (unpaired) electrons. The van der Waals surface area contributed by atoms with Crippen LogP contribution in [0.4, 0.5) is 0 Å². The molecule has 3 nitrogen and oxygen atoms in total. The molecule has 0 atom stereocenters. The van der Waals surface area contributed by atoms with Gasteiger partial charge in [-0.3, -0.25) is 4.79 Å². The summed E-state index contributed by atoms with van der Waals surface area (Å²) in [4.78, 5) is 9.00. The SMILES string of the molecule is CC(=O)O.OC(c1ccccc1)(c1ccccc1)c1ccccc1-c1cccc2ccccc12.c1ccc(C2(c3ccccc3)c3ccccc3-c3c2ccc2ccccc32)cc1. The largest absolute Gasteiger partial charge is 0.481 e. The molecule has 0 heterocycles. The van der Waals surface area contributed by atoms with E-state index in [2.05, 4.69) is 170 Å². The first-order valence-electron chi connectivity index (χ1n) is 21.3. The van der Waals surface area contributed by atoms with Gasteiger partial charge in [0.15, 0.2) is 0 Å². The smallest absolute Gasteiger partial charge is 0.300 e. The lowest BCUT2D eigenvalue weighted by Gasteiger charge is -2.33. The number of carbonyl (C=O) groups is 1. The molecule has 0 bridgehead atoms. The molecule has 0 aromatic heterocycles. The topological polar surface area (TPSA) is 57.5 Å². The van der Waals surface area contributed by atoms with E-state index in [1.807, 2.05) is 78.9 Å². The Labute approximate surface area is 368 Å². The van der Waals surface area contributed by atoms with Crippen molar-refractivity contribution in [1.29, 1.82) is 0 Å². The number of aliphatic carboxylic acids is 1. The molecule has 10 aromatic rings. The lowest BCUT2D eigenvalue weighted by molar-refractivity contribution is -0.134. The summed E-state index contributed by atoms with van der Waals surface area (Å²) in [5.74, 6) is -0.833. The van der Waals surface area contributed by atoms with Gasteiger partial charge in [0.1, 0.15) is 5.60 Å². The minimum Gasteiger partial charge on any atom is -0.481 e. The van der Waals surface area contributed by atoms with Crippen LogP contribution in [-0.2, 0) is 15.8 Å². The second-order valence-electron chi connectivity index (χ2n) is 15.8. The molecule has 63 heavy (non-hydrogen) atoms. The van der Waals surface area contributed by atoms with Gasteiger partial charge in [0.05, 0.1) is 5.41 Å². The fourth-order valence-electron chi connectivity index (χ4n) is 9.54. The summed E-state index contributed by atoms with van der Waals surface area (Å²) in [6.07, 6.45) is 0. The van der Waals surface area contributed by atoms with Gasteiger partial charge in [-0.25, -0.2) is 0 Å². The third-order valence-electron chi connectivity index (χ3n) is 12.1. The van der Waals surface area contributed by atoms with Gasteiger partial charge in [0.25, 0.3) is 5.97 Å². The van der Waals surface area contributed by atoms with Crippen molar-refractivity contribution in [2.45, 2.75) is 17.9 Å². The Morgan fingerprint density at radius 2 is 0.810 bits per heavy atom. The zero-order valence-electron chi connectivity index (χ0n) is 35.0. The molecule has 0 saturated heterocycles. The Balaban J connectivity index is 0.000000148. The zero-order valence-corrected chi connectivity index (χ0v) is 35.0. The van der Waals surface area contributed by atoms with Crippen LogP contribution in [0, 0.1) is 0 Å². The first kappa shape index (κ1) is 40.6. The van der Waals surface area contributed by atoms with Crippen LogP contribution in [-0.4, -0.2) is 16.2 Å². The second kappa shape index (κ2) is 17.6. The Hall–Kier alpha value is -7.85. The van der Waals surface area contributed by atoms with Crippen molar-refractivity contribution >= 4 is 27.5 Å². The lowest BCUT2D eigenvalue weighted by atomic mass is 9.67. The molecule has 304 valence electrons. The number of benzene rings is 10. The molecule has 0 fully saturated rings. The van der Waals surface area contributed by atoms with Crippen LogP contribution in [0.1, 0.15) is 45.9 Å². The predicted octanol–water partition coefficient (Wildman–Crippen LogP) is 14.1. The molecule has 1 aliphatic rings. The standard InChI is InChI=1S/C29H22O.C29H20.C2H4O2/c30-29(23-14-3-1-4-15-23,24-16-5-2-6-17-24)28-21-10-9-19-27(28)26-20-11-13-22-12-7-8-18-25(22)26;1-3-12-22(13-4-1)29(23-14-5-2-6-15-23)26-18-10-9-17-25(26)28-24-16-8-7-11-21(24)19-20-27(28)29;1-2(3)4/h1-21,30H;1-20H;1H3,(H,3,4). The summed E-state index contributed by atoms with van der Waals surface area (Å²) in [7, 11) is 0. The average molecular weight is 815 g/mol. The summed E-state index contributed by atoms with van der Waals surface area (Å²) >= 11 is 0. The third kappa shape index (κ3) is 7.39. The molecule has 3 heteroatoms. The van der Waals surface area contributed by atoms with E-state index in [1.54, 1.807) is 0 Å². The van der Waals surface area contributed by atoms with E-state index >= 15 is 0 Å². The van der Waals surface area contributed by atoms with E-state index in [9.17, 15) is 5.11 Å². The van der Waals surface area contributed by atoms with Crippen molar-refractivity contribution in [1.82, 2.24) is 0 Å². The second-order valence-corrected chi connectivity index (χ2v) is 15.8. The number of rotatable bonds is 6. The summed E-state index contributed by atoms with van der Waals surface area (Å²) in [5.41, 5.74) is 11.2. The summed E-state index contributed by atoms with van der Waals surface area (Å²) in [6.45, 7) is 1.08. The summed E-state index contributed by atoms with van der Waals surface area (Å²) < 4.78 is 0. The van der Waals surface area contributed by atoms with Crippen LogP contribution in [0.5, 0.6) is 0 Å². The Morgan fingerprint density at radius 1 is 0.397 bits per heavy atom. The number of carboxylic acids is 1. The van der Waals surface area contributed by atoms with Gasteiger partial charge in [0.2, 0.25) is 0 Å². The minimum absolute atomic E-state index is 0.307. The molecular formula is C60H46O3. The number of carboxylic acid groups (broad SMARTS) is 1. The molecule has 1 aliphatic carbocycles. The van der Waals surface area contributed by atoms with Gasteiger partial charge in [-0.15, -0.1) is 0 Å². The van der Waals surface area contributed by atoms with Gasteiger partial charge >= 0.3 is 0 Å². The fraction of sp³-hybridized carbons (Fsp3) is 0.0500. The van der Waals surface area contributed by atoms with Gasteiger partial charge in [-0.05, 0) is 77.2 Å². The highest BCUT2D eigenvalue weighted by molar-refractivity contribution is 6.04. The first-order valence-corrected chi connectivity index (χ1v) is 21.3. The highest BCUT2D eigenvalue weighted by atomic mass is 16.4. The highest BCUT2D eigenvalue weighted by Crippen LogP contribution is 2.57. The molecule has 0 spiro atoms. The van der Waals surface area contributed by atoms with Crippen LogP contribution in [0.3, 0.4) is 0 Å². The monoisotopic (exact) mass is 814 g/mol. The van der Waals surface area contributed by atoms with E-state index < -0.39 is 11.6 Å². The number of hydrogen-bond acceptors (Lipinski definition) is 2. The first-order chi connectivity index (χ1) is 30.9. The normalized spacial score (nSPS) is 12.2. The van der Waals surface area contributed by atoms with Gasteiger partial charge in [-0.1, -0.05) is 249 Å². The van der Waals surface area contributed by atoms with Crippen molar-refractivity contribution in [3.05, 3.63) is 288 Å². The number of aliphatic hydroxyl groups is 1. The molecule has 2 N–H and O–H groups in total. The van der Waals surface area contributed by atoms with Gasteiger partial charge < -0.3 is 10.2 Å². The molecule has 0 aliphatic heterocycles. The average Bonchev–Trinajstić information content (AvgIpc) is 3.66. The quantitative estimate of drug-likeness (QED) is 0.164. The van der Waals surface area contributed by atoms with Crippen molar-refractivity contribution in [2.24, 2.45) is 0 Å². The maximum Gasteiger partial charge on any atom is 0.300 e. The lowest BCUT2D eigenvalue weighted by Crippen LogP contribution is -2.29. The van der Waals surface area contributed by atoms with E-state index in [1.165, 1.54) is 54.9 Å². The molecule has 0 unspecified atom stereocenters. The van der Waals surface area contributed by atoms with Crippen LogP contribution >= 0.6 is 0 Å². The predicted molar refractivity (Wildman–Crippen MR) is 259 cm³/mol. The van der Waals surface area contributed by atoms with Gasteiger partial charge in [-0.2, -0.15) is 0 Å².